The Morgan fingerprint density at radius 3 is 1.90 bits per heavy atom. The van der Waals surface area contributed by atoms with Gasteiger partial charge < -0.3 is 25.5 Å². The van der Waals surface area contributed by atoms with Crippen molar-refractivity contribution >= 4 is 23.9 Å². The topological polar surface area (TPSA) is 186 Å². The lowest BCUT2D eigenvalue weighted by Crippen LogP contribution is -2.42. The lowest BCUT2D eigenvalue weighted by molar-refractivity contribution is -0.170. The van der Waals surface area contributed by atoms with Gasteiger partial charge in [-0.3, -0.25) is 24.3 Å². The number of carboxylic acids is 4. The SMILES string of the molecule is CC(=O)O.Cc1cc(C)c([C@@H]2CCCN2C)cn1.O=C(O)CC(O)(CC(=O)O)C(=O)O. The standard InChI is InChI=1S/C12H18N2.C6H8O7.C2H4O2/c1-9-7-10(2)13-8-11(9)12-5-4-6-14(12)3;7-3(8)1-6(13,5(11)12)2-4(9)10;1-2(3)4/h7-8,12H,4-6H2,1-3H3;13H,1-2H2,(H,7,8)(H,9,10)(H,11,12);1H3,(H,3,4)/t12-;;/m0../s1. The van der Waals surface area contributed by atoms with E-state index in [1.807, 2.05) is 0 Å². The summed E-state index contributed by atoms with van der Waals surface area (Å²) in [4.78, 5) is 46.3. The van der Waals surface area contributed by atoms with E-state index < -0.39 is 42.3 Å². The van der Waals surface area contributed by atoms with Gasteiger partial charge in [0.05, 0.1) is 12.8 Å². The number of carbonyl (C=O) groups is 4. The van der Waals surface area contributed by atoms with Gasteiger partial charge in [-0.2, -0.15) is 0 Å². The van der Waals surface area contributed by atoms with E-state index in [0.29, 0.717) is 6.04 Å². The summed E-state index contributed by atoms with van der Waals surface area (Å²) < 4.78 is 0. The zero-order chi connectivity index (χ0) is 24.4. The van der Waals surface area contributed by atoms with Gasteiger partial charge in [-0.05, 0) is 57.5 Å². The van der Waals surface area contributed by atoms with Gasteiger partial charge in [0, 0.05) is 24.9 Å². The molecule has 0 unspecified atom stereocenters. The van der Waals surface area contributed by atoms with E-state index in [1.54, 1.807) is 0 Å². The third kappa shape index (κ3) is 10.5. The highest BCUT2D eigenvalue weighted by Gasteiger charge is 2.40. The number of carboxylic acid groups (broad SMARTS) is 4. The average molecular weight is 442 g/mol. The Hall–Kier alpha value is -3.05. The molecule has 2 heterocycles. The average Bonchev–Trinajstić information content (AvgIpc) is 2.99. The number of aromatic nitrogens is 1. The van der Waals surface area contributed by atoms with Gasteiger partial charge in [-0.15, -0.1) is 0 Å². The number of hydrogen-bond donors (Lipinski definition) is 5. The van der Waals surface area contributed by atoms with E-state index in [0.717, 1.165) is 12.6 Å². The van der Waals surface area contributed by atoms with Crippen molar-refractivity contribution in [2.24, 2.45) is 0 Å². The predicted octanol–water partition coefficient (Wildman–Crippen LogP) is 1.31. The van der Waals surface area contributed by atoms with Gasteiger partial charge in [0.1, 0.15) is 0 Å². The summed E-state index contributed by atoms with van der Waals surface area (Å²) >= 11 is 0. The normalized spacial score (nSPS) is 15.7. The first-order chi connectivity index (χ1) is 14.2. The Bertz CT molecular complexity index is 775. The van der Waals surface area contributed by atoms with Crippen LogP contribution in [0.15, 0.2) is 12.3 Å². The highest BCUT2D eigenvalue weighted by molar-refractivity contribution is 5.88. The molecule has 11 nitrogen and oxygen atoms in total. The number of rotatable bonds is 6. The Balaban J connectivity index is 0.000000498. The fraction of sp³-hybridized carbons (Fsp3) is 0.550. The van der Waals surface area contributed by atoms with Gasteiger partial charge in [-0.25, -0.2) is 4.79 Å². The first-order valence-corrected chi connectivity index (χ1v) is 9.42. The second-order valence-corrected chi connectivity index (χ2v) is 7.32. The van der Waals surface area contributed by atoms with Crippen LogP contribution in [0.3, 0.4) is 0 Å². The molecule has 1 aromatic rings. The van der Waals surface area contributed by atoms with E-state index in [4.69, 9.17) is 30.3 Å². The molecular weight excluding hydrogens is 412 g/mol. The molecule has 31 heavy (non-hydrogen) atoms. The van der Waals surface area contributed by atoms with E-state index in [-0.39, 0.29) is 0 Å². The molecule has 1 aliphatic rings. The van der Waals surface area contributed by atoms with Crippen LogP contribution in [0.25, 0.3) is 0 Å². The van der Waals surface area contributed by atoms with Crippen molar-refractivity contribution in [3.8, 4) is 0 Å². The Labute approximate surface area is 180 Å². The molecule has 2 rings (SSSR count). The molecule has 0 aromatic carbocycles. The molecule has 0 amide bonds. The Kier molecular flexibility index (Phi) is 11.4. The maximum atomic E-state index is 10.3. The molecule has 1 fully saturated rings. The molecule has 0 bridgehead atoms. The van der Waals surface area contributed by atoms with Gasteiger partial charge in [0.25, 0.3) is 5.97 Å². The predicted molar refractivity (Wildman–Crippen MR) is 109 cm³/mol. The number of hydrogen-bond acceptors (Lipinski definition) is 7. The van der Waals surface area contributed by atoms with Gasteiger partial charge in [0.2, 0.25) is 0 Å². The lowest BCUT2D eigenvalue weighted by Gasteiger charge is -2.21. The summed E-state index contributed by atoms with van der Waals surface area (Å²) in [6.45, 7) is 6.54. The van der Waals surface area contributed by atoms with Crippen LogP contribution < -0.4 is 0 Å². The van der Waals surface area contributed by atoms with E-state index in [2.05, 4.69) is 43.0 Å². The largest absolute Gasteiger partial charge is 0.481 e. The molecule has 1 aliphatic heterocycles. The van der Waals surface area contributed by atoms with Crippen molar-refractivity contribution in [2.45, 2.75) is 58.1 Å². The van der Waals surface area contributed by atoms with Gasteiger partial charge in [0.15, 0.2) is 5.60 Å². The number of likely N-dealkylation sites (tertiary alicyclic amines) is 1. The van der Waals surface area contributed by atoms with E-state index in [9.17, 15) is 14.4 Å². The maximum absolute atomic E-state index is 10.3. The lowest BCUT2D eigenvalue weighted by atomic mass is 9.96. The summed E-state index contributed by atoms with van der Waals surface area (Å²) in [7, 11) is 2.21. The highest BCUT2D eigenvalue weighted by Crippen LogP contribution is 2.31. The number of pyridine rings is 1. The zero-order valence-corrected chi connectivity index (χ0v) is 18.0. The van der Waals surface area contributed by atoms with Crippen molar-refractivity contribution < 1.29 is 44.7 Å². The minimum absolute atomic E-state index is 0.600. The fourth-order valence-corrected chi connectivity index (χ4v) is 3.07. The van der Waals surface area contributed by atoms with Crippen LogP contribution in [0, 0.1) is 13.8 Å². The van der Waals surface area contributed by atoms with Crippen LogP contribution in [0.2, 0.25) is 0 Å². The number of aliphatic carboxylic acids is 4. The zero-order valence-electron chi connectivity index (χ0n) is 18.0. The molecule has 1 saturated heterocycles. The minimum Gasteiger partial charge on any atom is -0.481 e. The fourth-order valence-electron chi connectivity index (χ4n) is 3.07. The van der Waals surface area contributed by atoms with Crippen molar-refractivity contribution in [2.75, 3.05) is 13.6 Å². The summed E-state index contributed by atoms with van der Waals surface area (Å²) in [5.41, 5.74) is 1.18. The van der Waals surface area contributed by atoms with Crippen molar-refractivity contribution in [3.05, 3.63) is 29.1 Å². The number of aryl methyl sites for hydroxylation is 2. The van der Waals surface area contributed by atoms with Crippen molar-refractivity contribution in [1.29, 1.82) is 0 Å². The molecule has 0 spiro atoms. The highest BCUT2D eigenvalue weighted by atomic mass is 16.4. The summed E-state index contributed by atoms with van der Waals surface area (Å²) in [5, 5.41) is 41.2. The van der Waals surface area contributed by atoms with Gasteiger partial charge in [-0.1, -0.05) is 0 Å². The molecule has 1 atom stereocenters. The maximum Gasteiger partial charge on any atom is 0.336 e. The quantitative estimate of drug-likeness (QED) is 0.427. The van der Waals surface area contributed by atoms with Crippen LogP contribution >= 0.6 is 0 Å². The van der Waals surface area contributed by atoms with Gasteiger partial charge >= 0.3 is 17.9 Å². The third-order valence-electron chi connectivity index (χ3n) is 4.45. The summed E-state index contributed by atoms with van der Waals surface area (Å²) in [6, 6.07) is 2.78. The van der Waals surface area contributed by atoms with Crippen LogP contribution in [0.4, 0.5) is 0 Å². The molecule has 0 aliphatic carbocycles. The first-order valence-electron chi connectivity index (χ1n) is 9.42. The number of nitrogens with zero attached hydrogens (tertiary/aromatic N) is 2. The van der Waals surface area contributed by atoms with Crippen LogP contribution in [-0.4, -0.2) is 78.5 Å². The second kappa shape index (κ2) is 12.6. The third-order valence-corrected chi connectivity index (χ3v) is 4.45. The summed E-state index contributed by atoms with van der Waals surface area (Å²) in [5.74, 6) is -5.85. The van der Waals surface area contributed by atoms with Crippen LogP contribution in [-0.2, 0) is 19.2 Å². The first kappa shape index (κ1) is 27.9. The molecule has 11 heteroatoms. The molecular formula is C20H30N2O9. The molecule has 1 aromatic heterocycles. The minimum atomic E-state index is -2.74. The summed E-state index contributed by atoms with van der Waals surface area (Å²) in [6.07, 6.45) is 2.36. The van der Waals surface area contributed by atoms with Crippen molar-refractivity contribution in [3.63, 3.8) is 0 Å². The van der Waals surface area contributed by atoms with Crippen LogP contribution in [0.1, 0.15) is 55.5 Å². The van der Waals surface area contributed by atoms with Crippen molar-refractivity contribution in [1.82, 2.24) is 9.88 Å². The molecule has 0 radical (unpaired) electrons. The Morgan fingerprint density at radius 2 is 1.58 bits per heavy atom. The molecule has 174 valence electrons. The molecule has 5 N–H and O–H groups in total. The van der Waals surface area contributed by atoms with E-state index in [1.165, 1.54) is 30.5 Å². The number of aliphatic hydroxyl groups is 1. The monoisotopic (exact) mass is 442 g/mol. The molecule has 0 saturated carbocycles. The van der Waals surface area contributed by atoms with Crippen LogP contribution in [0.5, 0.6) is 0 Å². The Morgan fingerprint density at radius 1 is 1.10 bits per heavy atom. The smallest absolute Gasteiger partial charge is 0.336 e. The second-order valence-electron chi connectivity index (χ2n) is 7.32. The van der Waals surface area contributed by atoms with E-state index >= 15 is 0 Å².